The Morgan fingerprint density at radius 2 is 2.10 bits per heavy atom. The van der Waals surface area contributed by atoms with Crippen molar-refractivity contribution in [3.8, 4) is 0 Å². The van der Waals surface area contributed by atoms with Crippen molar-refractivity contribution in [3.05, 3.63) is 0 Å². The van der Waals surface area contributed by atoms with E-state index < -0.39 is 10.8 Å². The quantitative estimate of drug-likeness (QED) is 0.398. The van der Waals surface area contributed by atoms with E-state index in [-0.39, 0.29) is 5.96 Å². The van der Waals surface area contributed by atoms with E-state index in [1.165, 1.54) is 13.3 Å². The molecule has 0 saturated carbocycles. The zero-order valence-corrected chi connectivity index (χ0v) is 6.72. The Bertz CT molecular complexity index is 153. The summed E-state index contributed by atoms with van der Waals surface area (Å²) in [5.74, 6) is -0.248. The molecule has 0 bridgehead atoms. The highest BCUT2D eigenvalue weighted by Crippen LogP contribution is 2.36. The van der Waals surface area contributed by atoms with E-state index >= 15 is 0 Å². The molecular weight excluding hydrogens is 154 g/mol. The van der Waals surface area contributed by atoms with Gasteiger partial charge >= 0.3 is 0 Å². The van der Waals surface area contributed by atoms with Crippen molar-refractivity contribution in [3.63, 3.8) is 0 Å². The molecule has 0 aromatic heterocycles. The fourth-order valence-electron chi connectivity index (χ4n) is 0.263. The standard InChI is InChI=1S/C4H11N3O2S/c1-6-4(5)7(2)10(3,8)9/h5,8-9H,1H2,2-3H3. The van der Waals surface area contributed by atoms with E-state index in [1.807, 2.05) is 0 Å². The molecule has 0 aromatic rings. The van der Waals surface area contributed by atoms with E-state index in [1.54, 1.807) is 0 Å². The molecule has 0 radical (unpaired) electrons. The summed E-state index contributed by atoms with van der Waals surface area (Å²) in [7, 11) is -1.47. The van der Waals surface area contributed by atoms with Gasteiger partial charge in [-0.25, -0.2) is 9.30 Å². The lowest BCUT2D eigenvalue weighted by molar-refractivity contribution is 0.445. The molecule has 0 spiro atoms. The first-order valence-corrected chi connectivity index (χ1v) is 4.33. The molecule has 0 atom stereocenters. The van der Waals surface area contributed by atoms with Crippen LogP contribution in [0.25, 0.3) is 0 Å². The summed E-state index contributed by atoms with van der Waals surface area (Å²) in [6.07, 6.45) is 1.22. The summed E-state index contributed by atoms with van der Waals surface area (Å²) in [6.45, 7) is 3.07. The van der Waals surface area contributed by atoms with Gasteiger partial charge in [-0.2, -0.15) is 0 Å². The van der Waals surface area contributed by atoms with Crippen LogP contribution in [-0.4, -0.2) is 39.4 Å². The molecule has 0 aliphatic heterocycles. The number of guanidine groups is 1. The summed E-state index contributed by atoms with van der Waals surface area (Å²) in [5, 5.41) is 7.00. The molecular formula is C4H11N3O2S. The molecule has 0 fully saturated rings. The average Bonchev–Trinajstić information content (AvgIpc) is 1.83. The van der Waals surface area contributed by atoms with Crippen molar-refractivity contribution in [1.82, 2.24) is 4.31 Å². The predicted molar refractivity (Wildman–Crippen MR) is 43.8 cm³/mol. The monoisotopic (exact) mass is 165 g/mol. The Morgan fingerprint density at radius 3 is 2.20 bits per heavy atom. The van der Waals surface area contributed by atoms with Gasteiger partial charge in [0, 0.05) is 13.3 Å². The maximum atomic E-state index is 8.92. The maximum absolute atomic E-state index is 8.92. The molecule has 6 heteroatoms. The summed E-state index contributed by atoms with van der Waals surface area (Å²) in [6, 6.07) is 0. The van der Waals surface area contributed by atoms with Crippen LogP contribution < -0.4 is 0 Å². The average molecular weight is 165 g/mol. The minimum atomic E-state index is -2.84. The van der Waals surface area contributed by atoms with Crippen LogP contribution in [0.5, 0.6) is 0 Å². The lowest BCUT2D eigenvalue weighted by Crippen LogP contribution is -2.26. The van der Waals surface area contributed by atoms with Crippen LogP contribution in [0, 0.1) is 5.41 Å². The van der Waals surface area contributed by atoms with Crippen LogP contribution in [0.15, 0.2) is 4.99 Å². The van der Waals surface area contributed by atoms with E-state index in [9.17, 15) is 0 Å². The van der Waals surface area contributed by atoms with Crippen LogP contribution in [0.1, 0.15) is 0 Å². The summed E-state index contributed by atoms with van der Waals surface area (Å²) >= 11 is 0. The molecule has 0 aliphatic rings. The summed E-state index contributed by atoms with van der Waals surface area (Å²) in [4.78, 5) is 3.21. The maximum Gasteiger partial charge on any atom is 0.235 e. The second-order valence-corrected chi connectivity index (χ2v) is 3.90. The Kier molecular flexibility index (Phi) is 2.82. The third-order valence-electron chi connectivity index (χ3n) is 0.967. The lowest BCUT2D eigenvalue weighted by Gasteiger charge is -2.36. The van der Waals surface area contributed by atoms with Crippen LogP contribution in [0.2, 0.25) is 0 Å². The van der Waals surface area contributed by atoms with Gasteiger partial charge < -0.3 is 0 Å². The highest BCUT2D eigenvalue weighted by molar-refractivity contribution is 8.22. The van der Waals surface area contributed by atoms with Crippen molar-refractivity contribution in [2.45, 2.75) is 0 Å². The minimum absolute atomic E-state index is 0.248. The van der Waals surface area contributed by atoms with Gasteiger partial charge in [-0.1, -0.05) is 0 Å². The molecule has 0 aliphatic carbocycles. The Morgan fingerprint density at radius 1 is 1.70 bits per heavy atom. The van der Waals surface area contributed by atoms with Gasteiger partial charge in [-0.15, -0.1) is 10.8 Å². The summed E-state index contributed by atoms with van der Waals surface area (Å²) in [5.41, 5.74) is 0. The smallest absolute Gasteiger partial charge is 0.235 e. The number of hydrogen-bond donors (Lipinski definition) is 3. The van der Waals surface area contributed by atoms with E-state index in [2.05, 4.69) is 11.7 Å². The van der Waals surface area contributed by atoms with Crippen molar-refractivity contribution in [2.75, 3.05) is 13.3 Å². The Balaban J connectivity index is 4.21. The number of nitrogens with zero attached hydrogens (tertiary/aromatic N) is 2. The van der Waals surface area contributed by atoms with Gasteiger partial charge in [0.05, 0.1) is 0 Å². The minimum Gasteiger partial charge on any atom is -0.282 e. The van der Waals surface area contributed by atoms with Crippen LogP contribution in [0.4, 0.5) is 0 Å². The van der Waals surface area contributed by atoms with E-state index in [0.717, 1.165) is 4.31 Å². The third kappa shape index (κ3) is 2.34. The lowest BCUT2D eigenvalue weighted by atomic mass is 11.0. The first kappa shape index (κ1) is 9.41. The number of hydrogen-bond acceptors (Lipinski definition) is 3. The van der Waals surface area contributed by atoms with Crippen LogP contribution in [0.3, 0.4) is 0 Å². The van der Waals surface area contributed by atoms with Crippen molar-refractivity contribution in [2.24, 2.45) is 4.99 Å². The van der Waals surface area contributed by atoms with Crippen molar-refractivity contribution >= 4 is 23.5 Å². The second-order valence-electron chi connectivity index (χ2n) is 1.77. The number of rotatable bonds is 1. The molecule has 0 heterocycles. The fourth-order valence-corrected chi connectivity index (χ4v) is 0.649. The molecule has 3 N–H and O–H groups in total. The van der Waals surface area contributed by atoms with Gasteiger partial charge in [0.1, 0.15) is 0 Å². The second kappa shape index (κ2) is 3.00. The zero-order valence-electron chi connectivity index (χ0n) is 5.90. The van der Waals surface area contributed by atoms with Crippen LogP contribution >= 0.6 is 10.8 Å². The zero-order chi connectivity index (χ0) is 8.36. The van der Waals surface area contributed by atoms with Crippen molar-refractivity contribution < 1.29 is 9.11 Å². The van der Waals surface area contributed by atoms with Crippen LogP contribution in [-0.2, 0) is 0 Å². The number of nitrogens with one attached hydrogen (secondary N) is 1. The van der Waals surface area contributed by atoms with Gasteiger partial charge in [0.2, 0.25) is 5.96 Å². The van der Waals surface area contributed by atoms with Crippen molar-refractivity contribution in [1.29, 1.82) is 5.41 Å². The fraction of sp³-hybridized carbons (Fsp3) is 0.500. The Labute approximate surface area is 61.4 Å². The highest BCUT2D eigenvalue weighted by atomic mass is 32.3. The Hall–Kier alpha value is -0.590. The molecule has 0 saturated heterocycles. The van der Waals surface area contributed by atoms with Gasteiger partial charge in [0.15, 0.2) is 0 Å². The molecule has 0 aromatic carbocycles. The highest BCUT2D eigenvalue weighted by Gasteiger charge is 2.13. The first-order valence-electron chi connectivity index (χ1n) is 2.42. The predicted octanol–water partition coefficient (Wildman–Crippen LogP) is 0.849. The normalized spacial score (nSPS) is 12.4. The van der Waals surface area contributed by atoms with E-state index in [0.29, 0.717) is 0 Å². The van der Waals surface area contributed by atoms with E-state index in [4.69, 9.17) is 14.5 Å². The molecule has 0 rings (SSSR count). The first-order chi connectivity index (χ1) is 4.39. The summed E-state index contributed by atoms with van der Waals surface area (Å²) < 4.78 is 18.8. The van der Waals surface area contributed by atoms with Gasteiger partial charge in [-0.3, -0.25) is 14.5 Å². The topological polar surface area (TPSA) is 79.9 Å². The number of aliphatic imine (C=N–C) groups is 1. The molecule has 0 amide bonds. The molecule has 0 unspecified atom stereocenters. The largest absolute Gasteiger partial charge is 0.282 e. The third-order valence-corrected chi connectivity index (χ3v) is 2.18. The molecule has 10 heavy (non-hydrogen) atoms. The molecule has 60 valence electrons. The van der Waals surface area contributed by atoms with Gasteiger partial charge in [0.25, 0.3) is 0 Å². The SMILES string of the molecule is C=NC(=N)N(C)S(C)(O)O. The van der Waals surface area contributed by atoms with Gasteiger partial charge in [-0.05, 0) is 6.72 Å². The molecule has 5 nitrogen and oxygen atoms in total.